The van der Waals surface area contributed by atoms with E-state index < -0.39 is 23.2 Å². The second-order valence-corrected chi connectivity index (χ2v) is 16.8. The maximum atomic E-state index is 2.60. The standard InChI is InChI=1S/C13H17Si.C5H5.2ClH.Zr/c1-13(2,3)14-12-9-8-10-6-4-5-7-11(10)12;1-2-4-5-3-1;;;/h4-9H,14H2,1-3H3;1-3H,4H2;2*1H;. The van der Waals surface area contributed by atoms with Crippen molar-refractivity contribution in [3.8, 4) is 0 Å². The van der Waals surface area contributed by atoms with Gasteiger partial charge in [-0.15, -0.1) is 24.8 Å². The third kappa shape index (κ3) is 4.35. The van der Waals surface area contributed by atoms with Crippen LogP contribution in [0.15, 0.2) is 51.9 Å². The molecule has 0 radical (unpaired) electrons. The van der Waals surface area contributed by atoms with Crippen LogP contribution in [-0.4, -0.2) is 9.52 Å². The molecule has 4 heteroatoms. The number of fused-ring (bicyclic) bond motifs is 1. The molecule has 0 fully saturated rings. The van der Waals surface area contributed by atoms with Gasteiger partial charge in [-0.1, -0.05) is 0 Å². The van der Waals surface area contributed by atoms with Gasteiger partial charge in [-0.05, 0) is 0 Å². The van der Waals surface area contributed by atoms with Crippen LogP contribution in [0.3, 0.4) is 0 Å². The summed E-state index contributed by atoms with van der Waals surface area (Å²) in [5.41, 5.74) is 3.14. The molecule has 0 saturated heterocycles. The van der Waals surface area contributed by atoms with E-state index in [1.807, 2.05) is 0 Å². The monoisotopic (exact) mass is 428 g/mol. The van der Waals surface area contributed by atoms with Gasteiger partial charge in [0.25, 0.3) is 0 Å². The minimum Gasteiger partial charge on any atom is -0.147 e. The van der Waals surface area contributed by atoms with E-state index in [1.54, 1.807) is 8.84 Å². The Hall–Kier alpha value is 0.120. The van der Waals surface area contributed by atoms with Crippen LogP contribution in [0.1, 0.15) is 38.3 Å². The second kappa shape index (κ2) is 7.79. The maximum absolute atomic E-state index is 2.60. The molecule has 1 atom stereocenters. The Morgan fingerprint density at radius 2 is 1.86 bits per heavy atom. The molecule has 0 aromatic heterocycles. The molecular formula is C18H24Cl2SiZr. The number of rotatable bonds is 3. The van der Waals surface area contributed by atoms with Gasteiger partial charge in [-0.3, -0.25) is 0 Å². The first-order chi connectivity index (χ1) is 9.49. The Labute approximate surface area is 160 Å². The van der Waals surface area contributed by atoms with Gasteiger partial charge in [-0.25, -0.2) is 0 Å². The first kappa shape index (κ1) is 20.2. The Kier molecular flexibility index (Phi) is 7.14. The average Bonchev–Trinajstić information content (AvgIpc) is 2.98. The van der Waals surface area contributed by atoms with Crippen LogP contribution >= 0.6 is 24.8 Å². The smallest absolute Gasteiger partial charge is 0.147 e. The second-order valence-electron chi connectivity index (χ2n) is 7.08. The molecular weight excluding hydrogens is 406 g/mol. The summed E-state index contributed by atoms with van der Waals surface area (Å²) < 4.78 is 2.27. The summed E-state index contributed by atoms with van der Waals surface area (Å²) in [6.45, 7) is 7.32. The fourth-order valence-electron chi connectivity index (χ4n) is 3.34. The first-order valence-electron chi connectivity index (χ1n) is 7.41. The molecule has 3 rings (SSSR count). The van der Waals surface area contributed by atoms with E-state index in [0.29, 0.717) is 7.78 Å². The van der Waals surface area contributed by atoms with Crippen LogP contribution in [0, 0.1) is 0 Å². The molecule has 0 amide bonds. The van der Waals surface area contributed by atoms with Gasteiger partial charge >= 0.3 is 137 Å². The summed E-state index contributed by atoms with van der Waals surface area (Å²) in [7, 11) is -0.203. The van der Waals surface area contributed by atoms with Crippen LogP contribution < -0.4 is 0 Å². The van der Waals surface area contributed by atoms with E-state index in [0.717, 1.165) is 0 Å². The van der Waals surface area contributed by atoms with Gasteiger partial charge in [0.15, 0.2) is 0 Å². The van der Waals surface area contributed by atoms with Crippen molar-refractivity contribution in [2.45, 2.75) is 35.0 Å². The van der Waals surface area contributed by atoms with Crippen molar-refractivity contribution in [2.24, 2.45) is 0 Å². The third-order valence-electron chi connectivity index (χ3n) is 3.95. The normalized spacial score (nSPS) is 22.2. The van der Waals surface area contributed by atoms with Crippen molar-refractivity contribution in [3.05, 3.63) is 63.0 Å². The molecule has 2 aliphatic carbocycles. The molecule has 0 N–H and O–H groups in total. The van der Waals surface area contributed by atoms with E-state index in [1.165, 1.54) is 12.0 Å². The van der Waals surface area contributed by atoms with E-state index in [9.17, 15) is 0 Å². The molecule has 0 nitrogen and oxygen atoms in total. The fourth-order valence-corrected chi connectivity index (χ4v) is 15.4. The quantitative estimate of drug-likeness (QED) is 0.591. The van der Waals surface area contributed by atoms with Crippen molar-refractivity contribution >= 4 is 40.4 Å². The van der Waals surface area contributed by atoms with E-state index in [4.69, 9.17) is 0 Å². The molecule has 0 aliphatic heterocycles. The molecule has 0 heterocycles. The Morgan fingerprint density at radius 1 is 1.14 bits per heavy atom. The van der Waals surface area contributed by atoms with Gasteiger partial charge in [-0.2, -0.15) is 0 Å². The molecule has 1 unspecified atom stereocenters. The van der Waals surface area contributed by atoms with E-state index >= 15 is 0 Å². The number of hydrogen-bond donors (Lipinski definition) is 0. The number of benzene rings is 1. The largest absolute Gasteiger partial charge is 0.147 e. The summed E-state index contributed by atoms with van der Waals surface area (Å²) in [4.78, 5) is 0. The molecule has 0 spiro atoms. The summed E-state index contributed by atoms with van der Waals surface area (Å²) in [5.74, 6) is 0. The maximum Gasteiger partial charge on any atom is -0.147 e. The topological polar surface area (TPSA) is 0 Å². The van der Waals surface area contributed by atoms with E-state index in [-0.39, 0.29) is 34.3 Å². The van der Waals surface area contributed by atoms with Crippen LogP contribution in [0.2, 0.25) is 5.04 Å². The molecule has 1 aromatic rings. The minimum absolute atomic E-state index is 0. The zero-order chi connectivity index (χ0) is 14.2. The van der Waals surface area contributed by atoms with Crippen LogP contribution in [-0.2, 0) is 26.0 Å². The summed E-state index contributed by atoms with van der Waals surface area (Å²) in [5, 5.41) is 0.509. The van der Waals surface area contributed by atoms with Gasteiger partial charge in [0.1, 0.15) is 0 Å². The van der Waals surface area contributed by atoms with Crippen LogP contribution in [0.5, 0.6) is 0 Å². The van der Waals surface area contributed by atoms with Crippen molar-refractivity contribution < 1.29 is 23.2 Å². The number of halogens is 2. The Balaban J connectivity index is 0.00000121. The fraction of sp³-hybridized carbons (Fsp3) is 0.333. The molecule has 0 bridgehead atoms. The van der Waals surface area contributed by atoms with Crippen molar-refractivity contribution in [1.82, 2.24) is 0 Å². The predicted octanol–water partition coefficient (Wildman–Crippen LogP) is 5.02. The number of allylic oxidation sites excluding steroid dienone is 5. The van der Waals surface area contributed by atoms with Gasteiger partial charge in [0.2, 0.25) is 0 Å². The summed E-state index contributed by atoms with van der Waals surface area (Å²) >= 11 is -0.588. The van der Waals surface area contributed by atoms with Crippen LogP contribution in [0.25, 0.3) is 6.08 Å². The average molecular weight is 431 g/mol. The minimum atomic E-state index is -0.588. The first-order valence-corrected chi connectivity index (χ1v) is 11.3. The molecule has 0 saturated carbocycles. The SMILES string of the molecule is CC(C)(C)[SiH2][C]1([Zr][C]2=CC=CC2)C=Cc2ccccc21.Cl.Cl. The zero-order valence-electron chi connectivity index (χ0n) is 13.4. The Morgan fingerprint density at radius 3 is 2.50 bits per heavy atom. The van der Waals surface area contributed by atoms with E-state index in [2.05, 4.69) is 75.4 Å². The van der Waals surface area contributed by atoms with Crippen LogP contribution in [0.4, 0.5) is 0 Å². The Bertz CT molecular complexity index is 614. The van der Waals surface area contributed by atoms with Gasteiger partial charge < -0.3 is 0 Å². The van der Waals surface area contributed by atoms with Gasteiger partial charge in [0, 0.05) is 0 Å². The molecule has 1 aromatic carbocycles. The van der Waals surface area contributed by atoms with Crippen molar-refractivity contribution in [2.75, 3.05) is 0 Å². The molecule has 22 heavy (non-hydrogen) atoms. The molecule has 2 aliphatic rings. The van der Waals surface area contributed by atoms with Gasteiger partial charge in [0.05, 0.1) is 0 Å². The summed E-state index contributed by atoms with van der Waals surface area (Å²) in [6, 6.07) is 9.11. The zero-order valence-corrected chi connectivity index (χ0v) is 18.9. The predicted molar refractivity (Wildman–Crippen MR) is 102 cm³/mol. The molecule has 118 valence electrons. The van der Waals surface area contributed by atoms with Crippen molar-refractivity contribution in [1.29, 1.82) is 0 Å². The number of hydrogen-bond acceptors (Lipinski definition) is 0. The summed E-state index contributed by atoms with van der Waals surface area (Å²) in [6.07, 6.45) is 13.2. The van der Waals surface area contributed by atoms with Crippen molar-refractivity contribution in [3.63, 3.8) is 0 Å². The third-order valence-corrected chi connectivity index (χ3v) is 12.4.